The van der Waals surface area contributed by atoms with E-state index in [0.717, 1.165) is 10.4 Å². The van der Waals surface area contributed by atoms with Crippen molar-refractivity contribution in [3.8, 4) is 0 Å². The molecular formula is C22H22FN7O6S. The average Bonchev–Trinajstić information content (AvgIpc) is 3.53. The van der Waals surface area contributed by atoms with Gasteiger partial charge in [-0.3, -0.25) is 15.0 Å². The number of halogens is 1. The van der Waals surface area contributed by atoms with Crippen LogP contribution < -0.4 is 9.80 Å². The van der Waals surface area contributed by atoms with Crippen molar-refractivity contribution < 1.29 is 27.3 Å². The van der Waals surface area contributed by atoms with E-state index < -0.39 is 38.6 Å². The van der Waals surface area contributed by atoms with Gasteiger partial charge in [0.05, 0.1) is 35.6 Å². The molecule has 15 heteroatoms. The first kappa shape index (κ1) is 24.6. The fourth-order valence-corrected chi connectivity index (χ4v) is 6.00. The van der Waals surface area contributed by atoms with Gasteiger partial charge in [-0.1, -0.05) is 17.3 Å². The Hall–Kier alpha value is -4.11. The molecule has 2 aromatic carbocycles. The molecule has 13 nitrogen and oxygen atoms in total. The van der Waals surface area contributed by atoms with Crippen LogP contribution in [0.15, 0.2) is 59.8 Å². The lowest BCUT2D eigenvalue weighted by atomic mass is 10.2. The summed E-state index contributed by atoms with van der Waals surface area (Å²) in [6.45, 7) is 0.960. The maximum Gasteiger partial charge on any atom is 0.414 e. The molecular weight excluding hydrogens is 509 g/mol. The maximum atomic E-state index is 15.1. The fourth-order valence-electron chi connectivity index (χ4n) is 4.42. The number of piperazine rings is 1. The Bertz CT molecular complexity index is 1430. The number of amides is 1. The number of hydrogen-bond acceptors (Lipinski definition) is 9. The third-order valence-corrected chi connectivity index (χ3v) is 8.18. The van der Waals surface area contributed by atoms with Crippen molar-refractivity contribution in [3.63, 3.8) is 0 Å². The molecule has 0 radical (unpaired) electrons. The second kappa shape index (κ2) is 9.74. The Morgan fingerprint density at radius 2 is 1.89 bits per heavy atom. The molecule has 3 aromatic rings. The van der Waals surface area contributed by atoms with Crippen LogP contribution in [-0.4, -0.2) is 77.6 Å². The number of hydrogen-bond donors (Lipinski definition) is 0. The molecule has 2 aliphatic heterocycles. The molecule has 2 fully saturated rings. The number of nitro groups is 1. The molecule has 0 unspecified atom stereocenters. The normalized spacial score (nSPS) is 18.7. The van der Waals surface area contributed by atoms with Crippen molar-refractivity contribution in [2.24, 2.45) is 0 Å². The van der Waals surface area contributed by atoms with Gasteiger partial charge < -0.3 is 9.64 Å². The van der Waals surface area contributed by atoms with Gasteiger partial charge in [0.2, 0.25) is 10.0 Å². The van der Waals surface area contributed by atoms with E-state index in [1.165, 1.54) is 41.4 Å². The van der Waals surface area contributed by atoms with Crippen LogP contribution in [0, 0.1) is 15.9 Å². The Morgan fingerprint density at radius 3 is 2.57 bits per heavy atom. The predicted molar refractivity (Wildman–Crippen MR) is 128 cm³/mol. The lowest BCUT2D eigenvalue weighted by molar-refractivity contribution is -0.387. The molecule has 0 aliphatic carbocycles. The van der Waals surface area contributed by atoms with E-state index in [-0.39, 0.29) is 43.3 Å². The van der Waals surface area contributed by atoms with E-state index >= 15 is 4.39 Å². The summed E-state index contributed by atoms with van der Waals surface area (Å²) < 4.78 is 49.2. The number of rotatable bonds is 7. The number of anilines is 2. The molecule has 5 rings (SSSR count). The van der Waals surface area contributed by atoms with Crippen LogP contribution >= 0.6 is 0 Å². The first-order valence-electron chi connectivity index (χ1n) is 11.3. The zero-order valence-electron chi connectivity index (χ0n) is 19.4. The van der Waals surface area contributed by atoms with Crippen molar-refractivity contribution in [3.05, 3.63) is 70.8 Å². The summed E-state index contributed by atoms with van der Waals surface area (Å²) in [5.41, 5.74) is 0.110. The molecule has 1 atom stereocenters. The number of nitro benzene ring substituents is 1. The Morgan fingerprint density at radius 1 is 1.14 bits per heavy atom. The zero-order valence-corrected chi connectivity index (χ0v) is 20.2. The van der Waals surface area contributed by atoms with E-state index in [0.29, 0.717) is 12.2 Å². The smallest absolute Gasteiger partial charge is 0.414 e. The van der Waals surface area contributed by atoms with E-state index in [2.05, 4.69) is 10.3 Å². The highest BCUT2D eigenvalue weighted by molar-refractivity contribution is 7.89. The van der Waals surface area contributed by atoms with Gasteiger partial charge in [0, 0.05) is 38.4 Å². The van der Waals surface area contributed by atoms with Crippen LogP contribution in [0.3, 0.4) is 0 Å². The second-order valence-corrected chi connectivity index (χ2v) is 10.4. The minimum atomic E-state index is -4.10. The third-order valence-electron chi connectivity index (χ3n) is 6.24. The number of para-hydroxylation sites is 1. The van der Waals surface area contributed by atoms with Crippen LogP contribution in [0.1, 0.15) is 0 Å². The van der Waals surface area contributed by atoms with Crippen LogP contribution in [0.25, 0.3) is 0 Å². The highest BCUT2D eigenvalue weighted by Gasteiger charge is 2.35. The number of sulfonamides is 1. The van der Waals surface area contributed by atoms with Crippen LogP contribution in [-0.2, 0) is 21.3 Å². The van der Waals surface area contributed by atoms with Crippen LogP contribution in [0.5, 0.6) is 0 Å². The number of carbonyl (C=O) groups is 1. The zero-order chi connectivity index (χ0) is 26.2. The summed E-state index contributed by atoms with van der Waals surface area (Å²) in [5.74, 6) is -0.569. The summed E-state index contributed by atoms with van der Waals surface area (Å²) in [7, 11) is -4.10. The van der Waals surface area contributed by atoms with Gasteiger partial charge in [-0.05, 0) is 24.3 Å². The maximum absolute atomic E-state index is 15.1. The SMILES string of the molecule is O=C1O[C@@H](Cn2ccnn2)CN1c1ccc(N2CCN(S(=O)(=O)c3ccccc3[N+](=O)[O-])CC2)c(F)c1. The van der Waals surface area contributed by atoms with E-state index in [1.807, 2.05) is 0 Å². The van der Waals surface area contributed by atoms with Gasteiger partial charge in [-0.25, -0.2) is 22.3 Å². The molecule has 2 aliphatic rings. The molecule has 0 bridgehead atoms. The van der Waals surface area contributed by atoms with Crippen molar-refractivity contribution in [1.82, 2.24) is 19.3 Å². The third kappa shape index (κ3) is 4.82. The van der Waals surface area contributed by atoms with Gasteiger partial charge in [0.25, 0.3) is 5.69 Å². The molecule has 0 saturated carbocycles. The average molecular weight is 532 g/mol. The van der Waals surface area contributed by atoms with E-state index in [1.54, 1.807) is 21.8 Å². The van der Waals surface area contributed by atoms with Crippen LogP contribution in [0.2, 0.25) is 0 Å². The van der Waals surface area contributed by atoms with Crippen molar-refractivity contribution >= 4 is 33.2 Å². The van der Waals surface area contributed by atoms with Crippen molar-refractivity contribution in [1.29, 1.82) is 0 Å². The number of carbonyl (C=O) groups excluding carboxylic acids is 1. The lowest BCUT2D eigenvalue weighted by Gasteiger charge is -2.35. The topological polar surface area (TPSA) is 144 Å². The number of nitrogens with zero attached hydrogens (tertiary/aromatic N) is 7. The van der Waals surface area contributed by atoms with Gasteiger partial charge in [-0.2, -0.15) is 4.31 Å². The highest BCUT2D eigenvalue weighted by atomic mass is 32.2. The van der Waals surface area contributed by atoms with Gasteiger partial charge >= 0.3 is 6.09 Å². The lowest BCUT2D eigenvalue weighted by Crippen LogP contribution is -2.49. The Labute approximate surface area is 210 Å². The summed E-state index contributed by atoms with van der Waals surface area (Å²) in [6.07, 6.45) is 2.11. The molecule has 0 N–H and O–H groups in total. The summed E-state index contributed by atoms with van der Waals surface area (Å²) in [5, 5.41) is 18.9. The quantitative estimate of drug-likeness (QED) is 0.329. The van der Waals surface area contributed by atoms with Crippen LogP contribution in [0.4, 0.5) is 26.2 Å². The Balaban J connectivity index is 1.25. The molecule has 194 valence electrons. The molecule has 2 saturated heterocycles. The van der Waals surface area contributed by atoms with Crippen molar-refractivity contribution in [2.75, 3.05) is 42.5 Å². The van der Waals surface area contributed by atoms with Crippen molar-refractivity contribution in [2.45, 2.75) is 17.5 Å². The van der Waals surface area contributed by atoms with Gasteiger partial charge in [0.15, 0.2) is 4.90 Å². The van der Waals surface area contributed by atoms with E-state index in [4.69, 9.17) is 4.74 Å². The van der Waals surface area contributed by atoms with Gasteiger partial charge in [-0.15, -0.1) is 5.10 Å². The molecule has 1 aromatic heterocycles. The Kier molecular flexibility index (Phi) is 6.47. The molecule has 0 spiro atoms. The number of cyclic esters (lactones) is 1. The summed E-state index contributed by atoms with van der Waals surface area (Å²) >= 11 is 0. The first-order chi connectivity index (χ1) is 17.7. The second-order valence-electron chi connectivity index (χ2n) is 8.49. The van der Waals surface area contributed by atoms with E-state index in [9.17, 15) is 23.3 Å². The highest BCUT2D eigenvalue weighted by Crippen LogP contribution is 2.31. The molecule has 3 heterocycles. The molecule has 37 heavy (non-hydrogen) atoms. The largest absolute Gasteiger partial charge is 0.442 e. The molecule has 1 amide bonds. The summed E-state index contributed by atoms with van der Waals surface area (Å²) in [4.78, 5) is 25.6. The number of aromatic nitrogens is 3. The monoisotopic (exact) mass is 531 g/mol. The first-order valence-corrected chi connectivity index (χ1v) is 12.8. The summed E-state index contributed by atoms with van der Waals surface area (Å²) in [6, 6.07) is 9.57. The van der Waals surface area contributed by atoms with Gasteiger partial charge in [0.1, 0.15) is 11.9 Å². The predicted octanol–water partition coefficient (Wildman–Crippen LogP) is 1.86. The number of ether oxygens (including phenoxy) is 1. The fraction of sp³-hybridized carbons (Fsp3) is 0.318. The minimum Gasteiger partial charge on any atom is -0.442 e. The standard InChI is InChI=1S/C22H22FN7O6S/c23-18-13-16(29-15-17(36-22(29)31)14-27-8-7-24-25-27)5-6-19(18)26-9-11-28(12-10-26)37(34,35)21-4-2-1-3-20(21)30(32)33/h1-8,13,17H,9-12,14-15H2/t17-/m0/s1. The minimum absolute atomic E-state index is 0.0258. The number of benzene rings is 2.